The second kappa shape index (κ2) is 7.73. The molecule has 0 atom stereocenters. The number of hydrogen-bond acceptors (Lipinski definition) is 4. The average molecular weight is 457 g/mol. The number of nitrogens with one attached hydrogen (secondary N) is 1. The number of halogens is 2. The smallest absolute Gasteiger partial charge is 0.261 e. The molecule has 0 bridgehead atoms. The fourth-order valence-electron chi connectivity index (χ4n) is 2.56. The summed E-state index contributed by atoms with van der Waals surface area (Å²) in [5, 5.41) is 5.79. The largest absolute Gasteiger partial charge is 0.278 e. The summed E-state index contributed by atoms with van der Waals surface area (Å²) in [6.07, 6.45) is 0. The summed E-state index contributed by atoms with van der Waals surface area (Å²) in [6.45, 7) is 0. The molecule has 0 unspecified atom stereocenters. The minimum atomic E-state index is -4.11. The number of sulfonamides is 2. The Morgan fingerprint density at radius 3 is 2.21 bits per heavy atom. The third-order valence-corrected chi connectivity index (χ3v) is 7.00. The van der Waals surface area contributed by atoms with Crippen LogP contribution in [-0.2, 0) is 20.0 Å². The molecule has 0 saturated heterocycles. The van der Waals surface area contributed by atoms with E-state index < -0.39 is 20.0 Å². The SMILES string of the molecule is NS(=O)(=O)c1ccccc1NS(=O)(=O)c1cccc(-c2cccc(Cl)c2Cl)c1. The highest BCUT2D eigenvalue weighted by Gasteiger charge is 2.20. The van der Waals surface area contributed by atoms with E-state index in [-0.39, 0.29) is 15.5 Å². The van der Waals surface area contributed by atoms with Gasteiger partial charge in [0.1, 0.15) is 4.90 Å². The van der Waals surface area contributed by atoms with Crippen LogP contribution in [0.1, 0.15) is 0 Å². The van der Waals surface area contributed by atoms with Gasteiger partial charge in [-0.1, -0.05) is 59.6 Å². The molecule has 0 aliphatic carbocycles. The van der Waals surface area contributed by atoms with Crippen LogP contribution >= 0.6 is 23.2 Å². The Hall–Kier alpha value is -2.10. The van der Waals surface area contributed by atoms with Crippen molar-refractivity contribution in [3.05, 3.63) is 76.8 Å². The Bertz CT molecular complexity index is 1260. The van der Waals surface area contributed by atoms with Gasteiger partial charge in [-0.25, -0.2) is 22.0 Å². The lowest BCUT2D eigenvalue weighted by molar-refractivity contribution is 0.598. The Morgan fingerprint density at radius 1 is 0.821 bits per heavy atom. The van der Waals surface area contributed by atoms with Crippen molar-refractivity contribution in [3.8, 4) is 11.1 Å². The van der Waals surface area contributed by atoms with Gasteiger partial charge in [0, 0.05) is 5.56 Å². The summed E-state index contributed by atoms with van der Waals surface area (Å²) in [5.41, 5.74) is 0.961. The number of hydrogen-bond donors (Lipinski definition) is 2. The fraction of sp³-hybridized carbons (Fsp3) is 0. The maximum Gasteiger partial charge on any atom is 0.261 e. The van der Waals surface area contributed by atoms with Crippen LogP contribution in [0.25, 0.3) is 11.1 Å². The zero-order valence-electron chi connectivity index (χ0n) is 14.1. The molecular formula is C18H14Cl2N2O4S2. The van der Waals surface area contributed by atoms with Crippen molar-refractivity contribution in [1.82, 2.24) is 0 Å². The Balaban J connectivity index is 2.04. The molecule has 0 aliphatic heterocycles. The molecule has 3 aromatic rings. The molecule has 0 spiro atoms. The first-order chi connectivity index (χ1) is 13.1. The van der Waals surface area contributed by atoms with Crippen LogP contribution in [0.5, 0.6) is 0 Å². The van der Waals surface area contributed by atoms with E-state index in [0.717, 1.165) is 0 Å². The minimum absolute atomic E-state index is 0.0785. The van der Waals surface area contributed by atoms with Crippen molar-refractivity contribution in [3.63, 3.8) is 0 Å². The summed E-state index contributed by atoms with van der Waals surface area (Å²) in [4.78, 5) is -0.405. The second-order valence-electron chi connectivity index (χ2n) is 5.78. The van der Waals surface area contributed by atoms with Crippen molar-refractivity contribution < 1.29 is 16.8 Å². The van der Waals surface area contributed by atoms with Crippen molar-refractivity contribution in [2.24, 2.45) is 5.14 Å². The van der Waals surface area contributed by atoms with Crippen molar-refractivity contribution in [1.29, 1.82) is 0 Å². The van der Waals surface area contributed by atoms with Crippen LogP contribution in [-0.4, -0.2) is 16.8 Å². The topological polar surface area (TPSA) is 106 Å². The van der Waals surface area contributed by atoms with Gasteiger partial charge in [0.15, 0.2) is 0 Å². The molecule has 0 amide bonds. The van der Waals surface area contributed by atoms with E-state index in [9.17, 15) is 16.8 Å². The van der Waals surface area contributed by atoms with Crippen LogP contribution in [0.15, 0.2) is 76.5 Å². The van der Waals surface area contributed by atoms with Gasteiger partial charge in [-0.2, -0.15) is 0 Å². The van der Waals surface area contributed by atoms with E-state index in [1.165, 1.54) is 36.4 Å². The molecule has 0 heterocycles. The van der Waals surface area contributed by atoms with Crippen LogP contribution in [0.3, 0.4) is 0 Å². The maximum atomic E-state index is 12.8. The van der Waals surface area contributed by atoms with Crippen molar-refractivity contribution in [2.75, 3.05) is 4.72 Å². The van der Waals surface area contributed by atoms with E-state index in [1.807, 2.05) is 0 Å². The quantitative estimate of drug-likeness (QED) is 0.601. The van der Waals surface area contributed by atoms with Crippen molar-refractivity contribution in [2.45, 2.75) is 9.79 Å². The molecule has 146 valence electrons. The second-order valence-corrected chi connectivity index (χ2v) is 9.77. The van der Waals surface area contributed by atoms with E-state index in [2.05, 4.69) is 4.72 Å². The first-order valence-corrected chi connectivity index (χ1v) is 11.6. The third-order valence-electron chi connectivity index (χ3n) is 3.84. The molecule has 6 nitrogen and oxygen atoms in total. The number of anilines is 1. The van der Waals surface area contributed by atoms with Crippen LogP contribution < -0.4 is 9.86 Å². The highest BCUT2D eigenvalue weighted by atomic mass is 35.5. The minimum Gasteiger partial charge on any atom is -0.278 e. The molecule has 3 N–H and O–H groups in total. The number of rotatable bonds is 5. The summed E-state index contributed by atoms with van der Waals surface area (Å²) in [6, 6.07) is 16.5. The molecule has 3 aromatic carbocycles. The predicted octanol–water partition coefficient (Wildman–Crippen LogP) is 4.11. The normalized spacial score (nSPS) is 12.0. The van der Waals surface area contributed by atoms with E-state index in [0.29, 0.717) is 21.2 Å². The molecule has 0 aliphatic rings. The van der Waals surface area contributed by atoms with Crippen LogP contribution in [0.4, 0.5) is 5.69 Å². The average Bonchev–Trinajstić information content (AvgIpc) is 2.63. The number of benzene rings is 3. The lowest BCUT2D eigenvalue weighted by Gasteiger charge is -2.13. The van der Waals surface area contributed by atoms with E-state index in [1.54, 1.807) is 30.3 Å². The summed E-state index contributed by atoms with van der Waals surface area (Å²) in [5.74, 6) is 0. The van der Waals surface area contributed by atoms with Gasteiger partial charge in [0.25, 0.3) is 10.0 Å². The van der Waals surface area contributed by atoms with Gasteiger partial charge < -0.3 is 0 Å². The van der Waals surface area contributed by atoms with Gasteiger partial charge in [0.05, 0.1) is 20.6 Å². The lowest BCUT2D eigenvalue weighted by atomic mass is 10.1. The summed E-state index contributed by atoms with van der Waals surface area (Å²) >= 11 is 12.2. The zero-order valence-corrected chi connectivity index (χ0v) is 17.3. The molecule has 28 heavy (non-hydrogen) atoms. The van der Waals surface area contributed by atoms with Gasteiger partial charge in [-0.15, -0.1) is 0 Å². The highest BCUT2D eigenvalue weighted by Crippen LogP contribution is 2.34. The summed E-state index contributed by atoms with van der Waals surface area (Å²) < 4.78 is 51.3. The van der Waals surface area contributed by atoms with Gasteiger partial charge in [-0.3, -0.25) is 4.72 Å². The standard InChI is InChI=1S/C18H14Cl2N2O4S2/c19-15-8-4-7-14(18(15)20)12-5-3-6-13(11-12)28(25,26)22-16-9-1-2-10-17(16)27(21,23)24/h1-11,22H,(H2,21,23,24). The number of para-hydroxylation sites is 1. The Kier molecular flexibility index (Phi) is 5.69. The van der Waals surface area contributed by atoms with Crippen LogP contribution in [0, 0.1) is 0 Å². The van der Waals surface area contributed by atoms with E-state index >= 15 is 0 Å². The molecule has 0 aromatic heterocycles. The zero-order chi connectivity index (χ0) is 20.5. The first kappa shape index (κ1) is 20.6. The monoisotopic (exact) mass is 456 g/mol. The van der Waals surface area contributed by atoms with Gasteiger partial charge >= 0.3 is 0 Å². The Labute approximate surface area is 173 Å². The predicted molar refractivity (Wildman–Crippen MR) is 111 cm³/mol. The van der Waals surface area contributed by atoms with Gasteiger partial charge in [0.2, 0.25) is 10.0 Å². The molecule has 3 rings (SSSR count). The maximum absolute atomic E-state index is 12.8. The molecule has 0 saturated carbocycles. The molecule has 10 heteroatoms. The molecule has 0 fully saturated rings. The summed E-state index contributed by atoms with van der Waals surface area (Å²) in [7, 11) is -8.20. The van der Waals surface area contributed by atoms with Crippen molar-refractivity contribution >= 4 is 48.9 Å². The third kappa shape index (κ3) is 4.31. The highest BCUT2D eigenvalue weighted by molar-refractivity contribution is 7.93. The fourth-order valence-corrected chi connectivity index (χ4v) is 4.85. The van der Waals surface area contributed by atoms with Gasteiger partial charge in [-0.05, 0) is 35.9 Å². The van der Waals surface area contributed by atoms with E-state index in [4.69, 9.17) is 28.3 Å². The number of nitrogens with two attached hydrogens (primary N) is 1. The Morgan fingerprint density at radius 2 is 1.50 bits per heavy atom. The van der Waals surface area contributed by atoms with Crippen LogP contribution in [0.2, 0.25) is 10.0 Å². The number of primary sulfonamides is 1. The molecule has 0 radical (unpaired) electrons. The molecular weight excluding hydrogens is 443 g/mol. The lowest BCUT2D eigenvalue weighted by Crippen LogP contribution is -2.18. The first-order valence-electron chi connectivity index (χ1n) is 7.79.